The maximum atomic E-state index is 11.0. The van der Waals surface area contributed by atoms with E-state index in [1.54, 1.807) is 0 Å². The average Bonchev–Trinajstić information content (AvgIpc) is 3.64. The predicted molar refractivity (Wildman–Crippen MR) is 183 cm³/mol. The molecule has 7 nitrogen and oxygen atoms in total. The summed E-state index contributed by atoms with van der Waals surface area (Å²) in [6.45, 7) is 0. The highest BCUT2D eigenvalue weighted by molar-refractivity contribution is 6.34. The molecule has 0 atom stereocenters. The fourth-order valence-electron chi connectivity index (χ4n) is 7.99. The zero-order valence-corrected chi connectivity index (χ0v) is 24.1. The second-order valence-corrected chi connectivity index (χ2v) is 11.8. The number of fused-ring (bicyclic) bond motifs is 6. The van der Waals surface area contributed by atoms with Gasteiger partial charge in [0.15, 0.2) is 0 Å². The number of nitrogens with zero attached hydrogens (tertiary/aromatic N) is 7. The van der Waals surface area contributed by atoms with E-state index in [0.717, 1.165) is 98.3 Å². The number of benzene rings is 5. The first-order valence-electron chi connectivity index (χ1n) is 15.1. The molecule has 0 unspecified atom stereocenters. The lowest BCUT2D eigenvalue weighted by Crippen LogP contribution is -2.04. The van der Waals surface area contributed by atoms with Crippen molar-refractivity contribution in [3.8, 4) is 17.4 Å². The molecule has 46 heavy (non-hydrogen) atoms. The standard InChI is InChI=1S/C39H19N7/c40-16-25-28(45-30-12-14-43-38-23-8-3-4-9-24(23)39-37(36(30)38)31(45)13-15-44-39)10-5-11-29(25)46-32-19-41-17-26-21-6-1-2-7-22(21)27-18-42-20-33(46)35(27)34(26)32/h1-15,17-20H. The number of hydrogen-bond donors (Lipinski definition) is 0. The minimum Gasteiger partial charge on any atom is -0.308 e. The molecule has 0 bridgehead atoms. The summed E-state index contributed by atoms with van der Waals surface area (Å²) in [5, 5.41) is 21.9. The van der Waals surface area contributed by atoms with E-state index in [1.807, 2.05) is 79.6 Å². The van der Waals surface area contributed by atoms with Gasteiger partial charge < -0.3 is 9.13 Å². The minimum atomic E-state index is 0.557. The van der Waals surface area contributed by atoms with Gasteiger partial charge in [0, 0.05) is 67.9 Å². The van der Waals surface area contributed by atoms with Gasteiger partial charge in [0.25, 0.3) is 0 Å². The molecule has 210 valence electrons. The smallest absolute Gasteiger partial charge is 0.104 e. The highest BCUT2D eigenvalue weighted by atomic mass is 15.0. The number of nitriles is 1. The van der Waals surface area contributed by atoms with Crippen molar-refractivity contribution in [1.29, 1.82) is 5.26 Å². The van der Waals surface area contributed by atoms with Gasteiger partial charge >= 0.3 is 0 Å². The van der Waals surface area contributed by atoms with Gasteiger partial charge in [-0.25, -0.2) is 0 Å². The van der Waals surface area contributed by atoms with Crippen LogP contribution < -0.4 is 0 Å². The molecule has 0 aliphatic heterocycles. The van der Waals surface area contributed by atoms with Gasteiger partial charge in [0.05, 0.1) is 56.9 Å². The van der Waals surface area contributed by atoms with Crippen LogP contribution in [-0.4, -0.2) is 29.1 Å². The van der Waals surface area contributed by atoms with Crippen molar-refractivity contribution in [2.45, 2.75) is 0 Å². The van der Waals surface area contributed by atoms with E-state index in [0.29, 0.717) is 5.56 Å². The van der Waals surface area contributed by atoms with Gasteiger partial charge in [-0.05, 0) is 35.0 Å². The lowest BCUT2D eigenvalue weighted by molar-refractivity contribution is 1.11. The first-order valence-corrected chi connectivity index (χ1v) is 15.1. The van der Waals surface area contributed by atoms with E-state index >= 15 is 0 Å². The number of aromatic nitrogens is 6. The van der Waals surface area contributed by atoms with E-state index in [1.165, 1.54) is 0 Å². The summed E-state index contributed by atoms with van der Waals surface area (Å²) in [6.07, 6.45) is 11.4. The van der Waals surface area contributed by atoms with Crippen molar-refractivity contribution >= 4 is 87.0 Å². The van der Waals surface area contributed by atoms with Crippen LogP contribution in [0.3, 0.4) is 0 Å². The lowest BCUT2D eigenvalue weighted by atomic mass is 9.97. The van der Waals surface area contributed by atoms with Gasteiger partial charge in [-0.2, -0.15) is 5.26 Å². The largest absolute Gasteiger partial charge is 0.308 e. The van der Waals surface area contributed by atoms with E-state index in [4.69, 9.17) is 19.9 Å². The van der Waals surface area contributed by atoms with Gasteiger partial charge in [-0.15, -0.1) is 0 Å². The summed E-state index contributed by atoms with van der Waals surface area (Å²) in [7, 11) is 0. The third kappa shape index (κ3) is 2.69. The number of pyridine rings is 4. The van der Waals surface area contributed by atoms with Gasteiger partial charge in [0.2, 0.25) is 0 Å². The Morgan fingerprint density at radius 3 is 1.43 bits per heavy atom. The molecule has 11 aromatic rings. The Hall–Kier alpha value is -6.65. The Morgan fingerprint density at radius 1 is 0.457 bits per heavy atom. The zero-order chi connectivity index (χ0) is 30.1. The molecule has 0 aliphatic rings. The molecule has 0 aliphatic carbocycles. The van der Waals surface area contributed by atoms with Crippen molar-refractivity contribution in [3.63, 3.8) is 0 Å². The zero-order valence-electron chi connectivity index (χ0n) is 24.1. The van der Waals surface area contributed by atoms with Crippen LogP contribution in [0.1, 0.15) is 5.56 Å². The normalized spacial score (nSPS) is 12.3. The quantitative estimate of drug-likeness (QED) is 0.189. The van der Waals surface area contributed by atoms with E-state index in [-0.39, 0.29) is 0 Å². The molecule has 11 rings (SSSR count). The van der Waals surface area contributed by atoms with Crippen LogP contribution >= 0.6 is 0 Å². The molecule has 0 fully saturated rings. The van der Waals surface area contributed by atoms with E-state index in [2.05, 4.69) is 51.6 Å². The van der Waals surface area contributed by atoms with Crippen molar-refractivity contribution in [2.24, 2.45) is 0 Å². The molecule has 6 heterocycles. The Kier molecular flexibility index (Phi) is 4.28. The summed E-state index contributed by atoms with van der Waals surface area (Å²) >= 11 is 0. The van der Waals surface area contributed by atoms with Crippen LogP contribution in [0.2, 0.25) is 0 Å². The van der Waals surface area contributed by atoms with E-state index in [9.17, 15) is 5.26 Å². The monoisotopic (exact) mass is 585 g/mol. The topological polar surface area (TPSA) is 85.2 Å². The molecule has 0 radical (unpaired) electrons. The van der Waals surface area contributed by atoms with E-state index < -0.39 is 0 Å². The third-order valence-corrected chi connectivity index (χ3v) is 9.73. The molecular formula is C39H19N7. The second-order valence-electron chi connectivity index (χ2n) is 11.8. The highest BCUT2D eigenvalue weighted by Gasteiger charge is 2.25. The fourth-order valence-corrected chi connectivity index (χ4v) is 7.99. The first kappa shape index (κ1) is 23.8. The average molecular weight is 586 g/mol. The van der Waals surface area contributed by atoms with Crippen molar-refractivity contribution in [3.05, 3.63) is 122 Å². The fraction of sp³-hybridized carbons (Fsp3) is 0. The van der Waals surface area contributed by atoms with Crippen molar-refractivity contribution < 1.29 is 0 Å². The van der Waals surface area contributed by atoms with Crippen LogP contribution in [0.25, 0.3) is 98.3 Å². The molecule has 5 aromatic carbocycles. The highest BCUT2D eigenvalue weighted by Crippen LogP contribution is 2.45. The van der Waals surface area contributed by atoms with Crippen molar-refractivity contribution in [2.75, 3.05) is 0 Å². The minimum absolute atomic E-state index is 0.557. The van der Waals surface area contributed by atoms with Crippen LogP contribution in [0.15, 0.2) is 116 Å². The van der Waals surface area contributed by atoms with Crippen LogP contribution in [0.4, 0.5) is 0 Å². The van der Waals surface area contributed by atoms with Gasteiger partial charge in [-0.3, -0.25) is 19.9 Å². The maximum absolute atomic E-state index is 11.0. The molecule has 0 saturated heterocycles. The van der Waals surface area contributed by atoms with Gasteiger partial charge in [-0.1, -0.05) is 54.6 Å². The molecular weight excluding hydrogens is 566 g/mol. The molecule has 6 aromatic heterocycles. The molecule has 0 N–H and O–H groups in total. The van der Waals surface area contributed by atoms with Gasteiger partial charge in [0.1, 0.15) is 11.6 Å². The summed E-state index contributed by atoms with van der Waals surface area (Å²) in [5.41, 5.74) is 7.86. The summed E-state index contributed by atoms with van der Waals surface area (Å²) in [4.78, 5) is 19.1. The second kappa shape index (κ2) is 8.29. The SMILES string of the molecule is N#Cc1c(-n2c3cncc4c5ccccc5c5cncc2c5c43)cccc1-n1c2ccnc3c4ccccc4c4nccc1c4c32. The molecule has 0 amide bonds. The lowest BCUT2D eigenvalue weighted by Gasteiger charge is -2.15. The Bertz CT molecular complexity index is 2730. The summed E-state index contributed by atoms with van der Waals surface area (Å²) < 4.78 is 4.36. The Labute approximate surface area is 259 Å². The Balaban J connectivity index is 1.30. The third-order valence-electron chi connectivity index (χ3n) is 9.73. The number of hydrogen-bond acceptors (Lipinski definition) is 5. The van der Waals surface area contributed by atoms with Crippen LogP contribution in [-0.2, 0) is 0 Å². The molecule has 0 spiro atoms. The summed E-state index contributed by atoms with van der Waals surface area (Å²) in [6, 6.07) is 29.5. The summed E-state index contributed by atoms with van der Waals surface area (Å²) in [5.74, 6) is 0. The predicted octanol–water partition coefficient (Wildman–Crippen LogP) is 8.82. The Morgan fingerprint density at radius 2 is 0.935 bits per heavy atom. The van der Waals surface area contributed by atoms with Crippen LogP contribution in [0, 0.1) is 11.3 Å². The van der Waals surface area contributed by atoms with Crippen molar-refractivity contribution in [1.82, 2.24) is 29.1 Å². The molecule has 0 saturated carbocycles. The van der Waals surface area contributed by atoms with Crippen LogP contribution in [0.5, 0.6) is 0 Å². The molecule has 7 heteroatoms. The first-order chi connectivity index (χ1) is 22.8. The number of rotatable bonds is 2. The maximum Gasteiger partial charge on any atom is 0.104 e.